The average molecular weight is 684 g/mol. The second-order valence-corrected chi connectivity index (χ2v) is 16.4. The zero-order valence-electron chi connectivity index (χ0n) is 27.5. The summed E-state index contributed by atoms with van der Waals surface area (Å²) in [6.45, 7) is 7.75. The number of carbonyl (C=O) groups excluding carboxylic acids is 2. The number of fused-ring (bicyclic) bond motifs is 4. The van der Waals surface area contributed by atoms with Crippen molar-refractivity contribution in [2.45, 2.75) is 76.1 Å². The molecule has 11 heteroatoms. The Bertz CT molecular complexity index is 1650. The Morgan fingerprint density at radius 3 is 2.79 bits per heavy atom. The van der Waals surface area contributed by atoms with Crippen LogP contribution in [0.1, 0.15) is 74.4 Å². The van der Waals surface area contributed by atoms with Gasteiger partial charge in [0.25, 0.3) is 5.91 Å². The van der Waals surface area contributed by atoms with Crippen molar-refractivity contribution in [3.8, 4) is 5.75 Å². The standard InChI is InChI=1S/C36H46ClN3O6S/c1-23-6-4-8-33(45-17-16-38-25(3)41)30-12-9-28(30)20-40-21-36(15-5-7-26-18-29(37)11-13-31(26)36)22-46-34-14-10-27(19-32(34)40)35(42)39-47(43,44)24(23)2/h4,8,10-11,13-14,18-19,23-24,28,30,33H,5-7,9,12,15-17,20-22H2,1-3H3,(H,38,41)(H,39,42)/b8-4+/t23-,24+,28-,30+,33-,36-/m0/s1. The zero-order chi connectivity index (χ0) is 33.3. The summed E-state index contributed by atoms with van der Waals surface area (Å²) in [5.41, 5.74) is 3.31. The molecule has 1 saturated carbocycles. The van der Waals surface area contributed by atoms with Gasteiger partial charge in [0, 0.05) is 42.6 Å². The summed E-state index contributed by atoms with van der Waals surface area (Å²) in [6.07, 6.45) is 9.43. The van der Waals surface area contributed by atoms with E-state index in [0.717, 1.165) is 49.4 Å². The number of allylic oxidation sites excluding steroid dienone is 1. The number of nitrogens with zero attached hydrogens (tertiary/aromatic N) is 1. The van der Waals surface area contributed by atoms with Crippen LogP contribution in [0, 0.1) is 17.8 Å². The molecular formula is C36H46ClN3O6S. The second-order valence-electron chi connectivity index (χ2n) is 13.9. The van der Waals surface area contributed by atoms with E-state index in [1.165, 1.54) is 18.1 Å². The van der Waals surface area contributed by atoms with Crippen molar-refractivity contribution in [3.63, 3.8) is 0 Å². The van der Waals surface area contributed by atoms with E-state index < -0.39 is 21.2 Å². The van der Waals surface area contributed by atoms with Crippen molar-refractivity contribution in [2.24, 2.45) is 17.8 Å². The first kappa shape index (κ1) is 33.8. The summed E-state index contributed by atoms with van der Waals surface area (Å²) < 4.78 is 42.0. The fourth-order valence-electron chi connectivity index (χ4n) is 7.74. The fourth-order valence-corrected chi connectivity index (χ4v) is 9.22. The molecule has 254 valence electrons. The molecule has 0 radical (unpaired) electrons. The van der Waals surface area contributed by atoms with Gasteiger partial charge in [-0.3, -0.25) is 9.59 Å². The Kier molecular flexibility index (Phi) is 9.93. The highest BCUT2D eigenvalue weighted by atomic mass is 35.5. The number of rotatable bonds is 4. The van der Waals surface area contributed by atoms with E-state index in [4.69, 9.17) is 21.1 Å². The van der Waals surface area contributed by atoms with E-state index in [9.17, 15) is 18.0 Å². The Morgan fingerprint density at radius 1 is 1.19 bits per heavy atom. The molecule has 4 aliphatic rings. The summed E-state index contributed by atoms with van der Waals surface area (Å²) in [6, 6.07) is 11.4. The number of hydrogen-bond acceptors (Lipinski definition) is 7. The third-order valence-corrected chi connectivity index (χ3v) is 12.9. The minimum Gasteiger partial charge on any atom is -0.490 e. The third-order valence-electron chi connectivity index (χ3n) is 10.8. The molecule has 2 aromatic carbocycles. The largest absolute Gasteiger partial charge is 0.490 e. The first-order valence-electron chi connectivity index (χ1n) is 16.9. The summed E-state index contributed by atoms with van der Waals surface area (Å²) in [7, 11) is -3.95. The van der Waals surface area contributed by atoms with Gasteiger partial charge in [0.15, 0.2) is 0 Å². The van der Waals surface area contributed by atoms with Crippen LogP contribution in [0.5, 0.6) is 5.75 Å². The van der Waals surface area contributed by atoms with Gasteiger partial charge < -0.3 is 19.7 Å². The molecule has 1 spiro atoms. The first-order chi connectivity index (χ1) is 22.5. The molecule has 2 aromatic rings. The van der Waals surface area contributed by atoms with Crippen LogP contribution in [-0.2, 0) is 31.4 Å². The number of hydrogen-bond donors (Lipinski definition) is 2. The van der Waals surface area contributed by atoms with Gasteiger partial charge in [-0.05, 0) is 105 Å². The maximum atomic E-state index is 13.5. The Hall–Kier alpha value is -3.08. The van der Waals surface area contributed by atoms with E-state index in [2.05, 4.69) is 33.1 Å². The molecule has 2 heterocycles. The van der Waals surface area contributed by atoms with Crippen LogP contribution in [0.25, 0.3) is 0 Å². The maximum Gasteiger partial charge on any atom is 0.264 e. The van der Waals surface area contributed by atoms with Gasteiger partial charge in [0.1, 0.15) is 5.75 Å². The van der Waals surface area contributed by atoms with E-state index in [0.29, 0.717) is 44.4 Å². The zero-order valence-corrected chi connectivity index (χ0v) is 29.0. The van der Waals surface area contributed by atoms with Crippen LogP contribution < -0.4 is 19.7 Å². The summed E-state index contributed by atoms with van der Waals surface area (Å²) in [4.78, 5) is 27.3. The van der Waals surface area contributed by atoms with Gasteiger partial charge in [0.05, 0.1) is 30.3 Å². The van der Waals surface area contributed by atoms with E-state index in [1.807, 2.05) is 19.1 Å². The molecular weight excluding hydrogens is 638 g/mol. The molecule has 2 bridgehead atoms. The Balaban J connectivity index is 1.39. The summed E-state index contributed by atoms with van der Waals surface area (Å²) in [5, 5.41) is 2.75. The topological polar surface area (TPSA) is 114 Å². The lowest BCUT2D eigenvalue weighted by Crippen LogP contribution is -2.50. The molecule has 47 heavy (non-hydrogen) atoms. The summed E-state index contributed by atoms with van der Waals surface area (Å²) >= 11 is 6.43. The van der Waals surface area contributed by atoms with Crippen molar-refractivity contribution < 1.29 is 27.5 Å². The van der Waals surface area contributed by atoms with Crippen molar-refractivity contribution in [2.75, 3.05) is 37.7 Å². The highest BCUT2D eigenvalue weighted by Crippen LogP contribution is 2.47. The number of anilines is 1. The third kappa shape index (κ3) is 7.20. The van der Waals surface area contributed by atoms with Crippen molar-refractivity contribution in [1.82, 2.24) is 10.0 Å². The normalized spacial score (nSPS) is 30.9. The van der Waals surface area contributed by atoms with Crippen molar-refractivity contribution in [1.29, 1.82) is 0 Å². The fraction of sp³-hybridized carbons (Fsp3) is 0.556. The lowest BCUT2D eigenvalue weighted by molar-refractivity contribution is -0.119. The van der Waals surface area contributed by atoms with E-state index in [1.54, 1.807) is 25.1 Å². The average Bonchev–Trinajstić information content (AvgIpc) is 3.16. The SMILES string of the molecule is CC(=O)NCCO[C@H]1/C=C/C[C@H](C)[C@@H](C)S(=O)(=O)NC(=O)c2ccc3c(c2)N(C[C@@H]2CC[C@H]21)C[C@@]1(CCCc2cc(Cl)ccc21)CO3. The van der Waals surface area contributed by atoms with Gasteiger partial charge in [-0.15, -0.1) is 0 Å². The van der Waals surface area contributed by atoms with Gasteiger partial charge in [-0.1, -0.05) is 36.7 Å². The number of amides is 2. The van der Waals surface area contributed by atoms with Crippen LogP contribution in [0.15, 0.2) is 48.6 Å². The number of aryl methyl sites for hydroxylation is 1. The number of sulfonamides is 1. The quantitative estimate of drug-likeness (QED) is 0.328. The molecule has 6 rings (SSSR count). The van der Waals surface area contributed by atoms with Crippen LogP contribution in [0.2, 0.25) is 5.02 Å². The van der Waals surface area contributed by atoms with Crippen LogP contribution in [0.3, 0.4) is 0 Å². The van der Waals surface area contributed by atoms with Gasteiger partial charge >= 0.3 is 0 Å². The van der Waals surface area contributed by atoms with E-state index in [-0.39, 0.29) is 34.8 Å². The molecule has 2 aliphatic heterocycles. The smallest absolute Gasteiger partial charge is 0.264 e. The number of carbonyl (C=O) groups is 2. The monoisotopic (exact) mass is 683 g/mol. The van der Waals surface area contributed by atoms with Gasteiger partial charge in [-0.2, -0.15) is 0 Å². The van der Waals surface area contributed by atoms with Crippen molar-refractivity contribution in [3.05, 3.63) is 70.3 Å². The second kappa shape index (κ2) is 13.8. The van der Waals surface area contributed by atoms with Crippen LogP contribution >= 0.6 is 11.6 Å². The van der Waals surface area contributed by atoms with Crippen molar-refractivity contribution >= 4 is 39.1 Å². The number of nitrogens with one attached hydrogen (secondary N) is 2. The molecule has 2 N–H and O–H groups in total. The molecule has 9 nitrogen and oxygen atoms in total. The highest BCUT2D eigenvalue weighted by Gasteiger charge is 2.44. The predicted octanol–water partition coefficient (Wildman–Crippen LogP) is 5.40. The number of benzene rings is 2. The minimum atomic E-state index is -3.95. The maximum absolute atomic E-state index is 13.5. The highest BCUT2D eigenvalue weighted by molar-refractivity contribution is 7.90. The molecule has 1 fully saturated rings. The minimum absolute atomic E-state index is 0.0957. The molecule has 0 unspecified atom stereocenters. The molecule has 6 atom stereocenters. The van der Waals surface area contributed by atoms with Crippen LogP contribution in [-0.4, -0.2) is 64.4 Å². The lowest BCUT2D eigenvalue weighted by Gasteiger charge is -2.46. The van der Waals surface area contributed by atoms with Crippen LogP contribution in [0.4, 0.5) is 5.69 Å². The Morgan fingerprint density at radius 2 is 2.02 bits per heavy atom. The number of ether oxygens (including phenoxy) is 2. The number of halogens is 1. The van der Waals surface area contributed by atoms with Gasteiger partial charge in [0.2, 0.25) is 15.9 Å². The predicted molar refractivity (Wildman–Crippen MR) is 184 cm³/mol. The summed E-state index contributed by atoms with van der Waals surface area (Å²) in [5.74, 6) is 0.289. The molecule has 0 aromatic heterocycles. The molecule has 2 aliphatic carbocycles. The lowest BCUT2D eigenvalue weighted by atomic mass is 9.68. The first-order valence-corrected chi connectivity index (χ1v) is 18.8. The van der Waals surface area contributed by atoms with Gasteiger partial charge in [-0.25, -0.2) is 13.1 Å². The Labute approximate surface area is 283 Å². The van der Waals surface area contributed by atoms with E-state index >= 15 is 0 Å². The molecule has 0 saturated heterocycles. The molecule has 2 amide bonds.